The summed E-state index contributed by atoms with van der Waals surface area (Å²) in [4.78, 5) is 0. The van der Waals surface area contributed by atoms with Gasteiger partial charge < -0.3 is 0 Å². The lowest BCUT2D eigenvalue weighted by Gasteiger charge is -2.22. The van der Waals surface area contributed by atoms with E-state index in [9.17, 15) is 8.42 Å². The molecule has 0 unspecified atom stereocenters. The monoisotopic (exact) mass is 330 g/mol. The molecule has 92 valence electrons. The molecule has 16 heavy (non-hydrogen) atoms. The lowest BCUT2D eigenvalue weighted by Crippen LogP contribution is -2.45. The lowest BCUT2D eigenvalue weighted by molar-refractivity contribution is 0.488. The van der Waals surface area contributed by atoms with Gasteiger partial charge >= 0.3 is 0 Å². The van der Waals surface area contributed by atoms with Gasteiger partial charge in [0.25, 0.3) is 10.0 Å². The fourth-order valence-electron chi connectivity index (χ4n) is 1.05. The van der Waals surface area contributed by atoms with E-state index < -0.39 is 15.6 Å². The van der Waals surface area contributed by atoms with Gasteiger partial charge in [-0.05, 0) is 29.8 Å². The normalized spacial score (nSPS) is 13.1. The van der Waals surface area contributed by atoms with Gasteiger partial charge in [-0.1, -0.05) is 5.21 Å². The Bertz CT molecular complexity index is 465. The Labute approximate surface area is 108 Å². The molecule has 0 spiro atoms. The molecular weight excluding hydrogens is 320 g/mol. The number of hydrogen-bond donors (Lipinski definition) is 1. The number of halogens is 2. The molecule has 0 aliphatic rings. The van der Waals surface area contributed by atoms with Crippen LogP contribution in [0.4, 0.5) is 0 Å². The fourth-order valence-corrected chi connectivity index (χ4v) is 3.70. The zero-order chi connectivity index (χ0) is 12.6. The third kappa shape index (κ3) is 2.93. The van der Waals surface area contributed by atoms with Crippen LogP contribution >= 0.6 is 27.5 Å². The van der Waals surface area contributed by atoms with Crippen LogP contribution in [-0.2, 0) is 17.1 Å². The zero-order valence-corrected chi connectivity index (χ0v) is 12.2. The van der Waals surface area contributed by atoms with Gasteiger partial charge in [0.15, 0.2) is 4.60 Å². The molecule has 0 aliphatic heterocycles. The van der Waals surface area contributed by atoms with Crippen LogP contribution in [0.25, 0.3) is 0 Å². The molecule has 0 aromatic carbocycles. The van der Waals surface area contributed by atoms with Crippen LogP contribution in [0.3, 0.4) is 0 Å². The number of rotatable bonds is 4. The topological polar surface area (TPSA) is 76.9 Å². The number of aryl methyl sites for hydroxylation is 1. The zero-order valence-electron chi connectivity index (χ0n) is 9.03. The first-order valence-corrected chi connectivity index (χ1v) is 7.16. The van der Waals surface area contributed by atoms with Crippen molar-refractivity contribution in [3.05, 3.63) is 4.60 Å². The summed E-state index contributed by atoms with van der Waals surface area (Å²) in [6.07, 6.45) is 0. The van der Waals surface area contributed by atoms with E-state index in [0.29, 0.717) is 0 Å². The van der Waals surface area contributed by atoms with Crippen molar-refractivity contribution < 1.29 is 8.42 Å². The first kappa shape index (κ1) is 13.9. The maximum absolute atomic E-state index is 12.0. The molecule has 0 bridgehead atoms. The quantitative estimate of drug-likeness (QED) is 0.831. The summed E-state index contributed by atoms with van der Waals surface area (Å²) in [5, 5.41) is 7.20. The minimum atomic E-state index is -3.69. The Balaban J connectivity index is 3.14. The summed E-state index contributed by atoms with van der Waals surface area (Å²) < 4.78 is 27.8. The highest BCUT2D eigenvalue weighted by Crippen LogP contribution is 2.19. The van der Waals surface area contributed by atoms with Crippen LogP contribution in [0, 0.1) is 0 Å². The van der Waals surface area contributed by atoms with Gasteiger partial charge in [-0.15, -0.1) is 16.7 Å². The summed E-state index contributed by atoms with van der Waals surface area (Å²) in [7, 11) is -2.19. The Hall–Kier alpha value is -0.180. The first-order valence-electron chi connectivity index (χ1n) is 4.35. The van der Waals surface area contributed by atoms with Crippen molar-refractivity contribution in [2.24, 2.45) is 7.05 Å². The van der Waals surface area contributed by atoms with E-state index in [-0.39, 0.29) is 15.5 Å². The fraction of sp³-hybridized carbons (Fsp3) is 0.714. The van der Waals surface area contributed by atoms with Crippen LogP contribution in [0.5, 0.6) is 0 Å². The van der Waals surface area contributed by atoms with Crippen molar-refractivity contribution in [1.29, 1.82) is 0 Å². The van der Waals surface area contributed by atoms with Gasteiger partial charge in [0.05, 0.1) is 0 Å². The summed E-state index contributed by atoms with van der Waals surface area (Å²) >= 11 is 8.70. The van der Waals surface area contributed by atoms with Crippen LogP contribution < -0.4 is 4.72 Å². The molecule has 1 heterocycles. The van der Waals surface area contributed by atoms with Gasteiger partial charge in [-0.2, -0.15) is 0 Å². The Morgan fingerprint density at radius 2 is 2.12 bits per heavy atom. The summed E-state index contributed by atoms with van der Waals surface area (Å²) in [6.45, 7) is 3.38. The van der Waals surface area contributed by atoms with Crippen molar-refractivity contribution in [2.45, 2.75) is 24.4 Å². The highest BCUT2D eigenvalue weighted by Gasteiger charge is 2.30. The van der Waals surface area contributed by atoms with Crippen LogP contribution in [-0.4, -0.2) is 34.8 Å². The van der Waals surface area contributed by atoms with Gasteiger partial charge in [0.2, 0.25) is 5.03 Å². The second kappa shape index (κ2) is 4.59. The number of alkyl halides is 1. The van der Waals surface area contributed by atoms with E-state index in [1.165, 1.54) is 11.7 Å². The maximum Gasteiger partial charge on any atom is 0.261 e. The van der Waals surface area contributed by atoms with Crippen molar-refractivity contribution in [2.75, 3.05) is 5.88 Å². The molecule has 0 amide bonds. The molecule has 1 rings (SSSR count). The van der Waals surface area contributed by atoms with Gasteiger partial charge in [0, 0.05) is 18.5 Å². The third-order valence-electron chi connectivity index (χ3n) is 1.74. The van der Waals surface area contributed by atoms with Gasteiger partial charge in [-0.3, -0.25) is 0 Å². The van der Waals surface area contributed by atoms with E-state index in [2.05, 4.69) is 31.0 Å². The van der Waals surface area contributed by atoms with E-state index >= 15 is 0 Å². The number of nitrogens with one attached hydrogen (secondary N) is 1. The van der Waals surface area contributed by atoms with Crippen molar-refractivity contribution in [1.82, 2.24) is 19.7 Å². The average molecular weight is 332 g/mol. The number of nitrogens with zero attached hydrogens (tertiary/aromatic N) is 3. The van der Waals surface area contributed by atoms with Crippen LogP contribution in [0.2, 0.25) is 0 Å². The molecule has 1 aromatic heterocycles. The number of sulfonamides is 1. The Morgan fingerprint density at radius 1 is 1.56 bits per heavy atom. The number of hydrogen-bond acceptors (Lipinski definition) is 4. The van der Waals surface area contributed by atoms with E-state index in [0.717, 1.165) is 0 Å². The lowest BCUT2D eigenvalue weighted by atomic mass is 10.1. The average Bonchev–Trinajstić information content (AvgIpc) is 2.44. The smallest absolute Gasteiger partial charge is 0.235 e. The van der Waals surface area contributed by atoms with Crippen LogP contribution in [0.15, 0.2) is 9.63 Å². The van der Waals surface area contributed by atoms with Crippen LogP contribution in [0.1, 0.15) is 13.8 Å². The Morgan fingerprint density at radius 3 is 2.50 bits per heavy atom. The standard InChI is InChI=1S/C7H12BrClN4O2S/c1-7(2,4-9)11-16(14,15)6-5(8)10-12-13(6)3/h11H,4H2,1-3H3. The van der Waals surface area contributed by atoms with Crippen molar-refractivity contribution in [3.63, 3.8) is 0 Å². The largest absolute Gasteiger partial charge is 0.261 e. The predicted molar refractivity (Wildman–Crippen MR) is 63.8 cm³/mol. The minimum Gasteiger partial charge on any atom is -0.235 e. The summed E-state index contributed by atoms with van der Waals surface area (Å²) in [5.41, 5.74) is -0.732. The molecular formula is C7H12BrClN4O2S. The molecule has 6 nitrogen and oxygen atoms in total. The molecule has 1 N–H and O–H groups in total. The van der Waals surface area contributed by atoms with E-state index in [1.807, 2.05) is 0 Å². The van der Waals surface area contributed by atoms with Crippen molar-refractivity contribution >= 4 is 37.6 Å². The van der Waals surface area contributed by atoms with Gasteiger partial charge in [-0.25, -0.2) is 17.8 Å². The highest BCUT2D eigenvalue weighted by atomic mass is 79.9. The molecule has 0 fully saturated rings. The second-order valence-electron chi connectivity index (χ2n) is 3.93. The molecule has 1 aromatic rings. The van der Waals surface area contributed by atoms with E-state index in [4.69, 9.17) is 11.6 Å². The van der Waals surface area contributed by atoms with E-state index in [1.54, 1.807) is 13.8 Å². The molecule has 0 aliphatic carbocycles. The maximum atomic E-state index is 12.0. The minimum absolute atomic E-state index is 0.0225. The number of aromatic nitrogens is 3. The summed E-state index contributed by atoms with van der Waals surface area (Å²) in [6, 6.07) is 0. The van der Waals surface area contributed by atoms with Gasteiger partial charge in [0.1, 0.15) is 0 Å². The molecule has 0 saturated carbocycles. The highest BCUT2D eigenvalue weighted by molar-refractivity contribution is 9.10. The SMILES string of the molecule is Cn1nnc(Br)c1S(=O)(=O)NC(C)(C)CCl. The summed E-state index contributed by atoms with van der Waals surface area (Å²) in [5.74, 6) is 0.162. The first-order chi connectivity index (χ1) is 7.19. The second-order valence-corrected chi connectivity index (χ2v) is 6.55. The van der Waals surface area contributed by atoms with Crippen molar-refractivity contribution in [3.8, 4) is 0 Å². The molecule has 0 radical (unpaired) electrons. The third-order valence-corrected chi connectivity index (χ3v) is 4.99. The Kier molecular flexibility index (Phi) is 3.99. The predicted octanol–water partition coefficient (Wildman–Crippen LogP) is 0.873. The molecule has 0 saturated heterocycles. The molecule has 9 heteroatoms. The molecule has 0 atom stereocenters.